The lowest BCUT2D eigenvalue weighted by molar-refractivity contribution is 0.214. The Labute approximate surface area is 140 Å². The van der Waals surface area contributed by atoms with E-state index in [1.54, 1.807) is 11.9 Å². The number of hydrogen-bond donors (Lipinski definition) is 0. The van der Waals surface area contributed by atoms with Gasteiger partial charge in [-0.25, -0.2) is 0 Å². The molecule has 2 nitrogen and oxygen atoms in total. The van der Waals surface area contributed by atoms with Gasteiger partial charge in [0, 0.05) is 33.9 Å². The molecule has 6 rings (SSSR count). The van der Waals surface area contributed by atoms with Gasteiger partial charge in [-0.05, 0) is 11.1 Å². The third-order valence-electron chi connectivity index (χ3n) is 6.39. The quantitative estimate of drug-likeness (QED) is 0.514. The number of para-hydroxylation sites is 1. The molecule has 0 saturated carbocycles. The fraction of sp³-hybridized carbons (Fsp3) is 0.250. The number of hydrogen-bond acceptors (Lipinski definition) is 3. The molecule has 3 unspecified atom stereocenters. The standard InChI is InChI=1S/C20H16N2S/c1-19-10-11-20(19,2)18-22-16-13(8-5-9-15(16)19)12-6-3-4-7-14(12)17(22)21-23-18/h3-11,18H,1-2H3. The summed E-state index contributed by atoms with van der Waals surface area (Å²) in [5.74, 6) is 1.14. The largest absolute Gasteiger partial charge is 0.309 e. The van der Waals surface area contributed by atoms with Crippen LogP contribution >= 0.6 is 11.9 Å². The molecular formula is C20H16N2S. The van der Waals surface area contributed by atoms with Crippen LogP contribution in [0.15, 0.2) is 59.0 Å². The number of anilines is 1. The third kappa shape index (κ3) is 1.12. The first kappa shape index (κ1) is 12.4. The third-order valence-corrected chi connectivity index (χ3v) is 7.57. The number of rotatable bonds is 0. The number of benzene rings is 2. The second-order valence-corrected chi connectivity index (χ2v) is 8.15. The lowest BCUT2D eigenvalue weighted by Crippen LogP contribution is -2.61. The molecule has 4 aliphatic rings. The molecule has 23 heavy (non-hydrogen) atoms. The van der Waals surface area contributed by atoms with Crippen molar-refractivity contribution in [2.24, 2.45) is 9.81 Å². The Balaban J connectivity index is 1.79. The molecule has 2 aromatic carbocycles. The molecule has 0 radical (unpaired) electrons. The van der Waals surface area contributed by atoms with Crippen LogP contribution in [0.2, 0.25) is 0 Å². The lowest BCUT2D eigenvalue weighted by Gasteiger charge is -2.60. The maximum atomic E-state index is 4.90. The van der Waals surface area contributed by atoms with E-state index in [0.29, 0.717) is 5.37 Å². The Morgan fingerprint density at radius 1 is 0.957 bits per heavy atom. The van der Waals surface area contributed by atoms with Gasteiger partial charge in [0.2, 0.25) is 0 Å². The molecule has 0 amide bonds. The van der Waals surface area contributed by atoms with Crippen LogP contribution in [0.3, 0.4) is 0 Å². The average molecular weight is 316 g/mol. The summed E-state index contributed by atoms with van der Waals surface area (Å²) in [5, 5.41) is 0.356. The van der Waals surface area contributed by atoms with Crippen LogP contribution in [-0.2, 0) is 5.41 Å². The number of nitrogens with zero attached hydrogens (tertiary/aromatic N) is 2. The van der Waals surface area contributed by atoms with Crippen LogP contribution in [0.5, 0.6) is 0 Å². The smallest absolute Gasteiger partial charge is 0.150 e. The molecule has 3 atom stereocenters. The molecule has 0 spiro atoms. The molecule has 0 fully saturated rings. The van der Waals surface area contributed by atoms with Gasteiger partial charge < -0.3 is 4.90 Å². The van der Waals surface area contributed by atoms with Crippen LogP contribution in [0, 0.1) is 5.41 Å². The van der Waals surface area contributed by atoms with E-state index in [-0.39, 0.29) is 10.8 Å². The Morgan fingerprint density at radius 3 is 2.52 bits per heavy atom. The molecule has 112 valence electrons. The topological polar surface area (TPSA) is 15.6 Å². The zero-order valence-electron chi connectivity index (χ0n) is 13.1. The lowest BCUT2D eigenvalue weighted by atomic mass is 9.51. The van der Waals surface area contributed by atoms with Crippen molar-refractivity contribution in [2.45, 2.75) is 24.6 Å². The van der Waals surface area contributed by atoms with Crippen LogP contribution in [0.4, 0.5) is 5.69 Å². The molecule has 0 saturated heterocycles. The molecule has 0 aromatic heterocycles. The number of fused-ring (bicyclic) bond motifs is 6. The second kappa shape index (κ2) is 3.57. The first-order valence-corrected chi connectivity index (χ1v) is 8.95. The second-order valence-electron chi connectivity index (χ2n) is 7.31. The fourth-order valence-electron chi connectivity index (χ4n) is 4.75. The minimum Gasteiger partial charge on any atom is -0.309 e. The highest BCUT2D eigenvalue weighted by molar-refractivity contribution is 7.99. The Morgan fingerprint density at radius 2 is 1.74 bits per heavy atom. The summed E-state index contributed by atoms with van der Waals surface area (Å²) in [6, 6.07) is 15.5. The van der Waals surface area contributed by atoms with Gasteiger partial charge in [-0.1, -0.05) is 68.5 Å². The van der Waals surface area contributed by atoms with E-state index in [1.165, 1.54) is 27.9 Å². The van der Waals surface area contributed by atoms with Gasteiger partial charge in [0.25, 0.3) is 0 Å². The van der Waals surface area contributed by atoms with E-state index in [1.807, 2.05) is 0 Å². The summed E-state index contributed by atoms with van der Waals surface area (Å²) in [7, 11) is 0. The highest BCUT2D eigenvalue weighted by atomic mass is 32.2. The Hall–Kier alpha value is -2.00. The molecule has 2 aromatic rings. The summed E-state index contributed by atoms with van der Waals surface area (Å²) < 4.78 is 4.90. The van der Waals surface area contributed by atoms with Crippen molar-refractivity contribution in [3.63, 3.8) is 0 Å². The van der Waals surface area contributed by atoms with Gasteiger partial charge >= 0.3 is 0 Å². The van der Waals surface area contributed by atoms with Crippen LogP contribution in [0.1, 0.15) is 25.0 Å². The summed E-state index contributed by atoms with van der Waals surface area (Å²) in [5.41, 5.74) is 6.99. The molecular weight excluding hydrogens is 300 g/mol. The van der Waals surface area contributed by atoms with E-state index < -0.39 is 0 Å². The molecule has 0 bridgehead atoms. The zero-order chi connectivity index (χ0) is 15.4. The first-order valence-electron chi connectivity index (χ1n) is 8.12. The SMILES string of the molecule is CC12C=CC1(C)C1SN=C3c4ccccc4-c4cccc2c4N31. The highest BCUT2D eigenvalue weighted by Gasteiger charge is 2.62. The van der Waals surface area contributed by atoms with Crippen molar-refractivity contribution in [2.75, 3.05) is 4.90 Å². The first-order chi connectivity index (χ1) is 11.2. The minimum atomic E-state index is 0.101. The van der Waals surface area contributed by atoms with Crippen molar-refractivity contribution in [3.05, 3.63) is 65.7 Å². The molecule has 3 aliphatic heterocycles. The highest BCUT2D eigenvalue weighted by Crippen LogP contribution is 2.66. The van der Waals surface area contributed by atoms with Crippen molar-refractivity contribution in [3.8, 4) is 11.1 Å². The van der Waals surface area contributed by atoms with Crippen molar-refractivity contribution in [1.29, 1.82) is 0 Å². The maximum absolute atomic E-state index is 4.90. The van der Waals surface area contributed by atoms with Crippen LogP contribution in [0.25, 0.3) is 11.1 Å². The van der Waals surface area contributed by atoms with Gasteiger partial charge in [0.05, 0.1) is 5.69 Å². The average Bonchev–Trinajstić information content (AvgIpc) is 3.04. The molecule has 0 N–H and O–H groups in total. The van der Waals surface area contributed by atoms with Crippen LogP contribution in [-0.4, -0.2) is 11.2 Å². The zero-order valence-corrected chi connectivity index (χ0v) is 13.9. The van der Waals surface area contributed by atoms with E-state index in [2.05, 4.69) is 73.4 Å². The van der Waals surface area contributed by atoms with E-state index in [4.69, 9.17) is 4.40 Å². The van der Waals surface area contributed by atoms with Crippen LogP contribution < -0.4 is 4.90 Å². The van der Waals surface area contributed by atoms with Gasteiger partial charge in [-0.3, -0.25) is 0 Å². The molecule has 3 heterocycles. The Bertz CT molecular complexity index is 960. The number of allylic oxidation sites excluding steroid dienone is 1. The van der Waals surface area contributed by atoms with Gasteiger partial charge in [0.1, 0.15) is 11.2 Å². The summed E-state index contributed by atoms with van der Waals surface area (Å²) in [4.78, 5) is 2.50. The number of amidine groups is 1. The summed E-state index contributed by atoms with van der Waals surface area (Å²) in [6.07, 6.45) is 4.78. The summed E-state index contributed by atoms with van der Waals surface area (Å²) in [6.45, 7) is 4.78. The monoisotopic (exact) mass is 316 g/mol. The van der Waals surface area contributed by atoms with E-state index in [9.17, 15) is 0 Å². The minimum absolute atomic E-state index is 0.101. The van der Waals surface area contributed by atoms with Crippen molar-refractivity contribution in [1.82, 2.24) is 0 Å². The summed E-state index contributed by atoms with van der Waals surface area (Å²) >= 11 is 1.74. The normalized spacial score (nSPS) is 34.3. The van der Waals surface area contributed by atoms with Crippen molar-refractivity contribution >= 4 is 23.5 Å². The van der Waals surface area contributed by atoms with Gasteiger partial charge in [-0.2, -0.15) is 4.40 Å². The Kier molecular flexibility index (Phi) is 1.93. The van der Waals surface area contributed by atoms with Gasteiger partial charge in [-0.15, -0.1) is 0 Å². The maximum Gasteiger partial charge on any atom is 0.150 e. The fourth-order valence-corrected chi connectivity index (χ4v) is 5.98. The molecule has 3 heteroatoms. The molecule has 1 aliphatic carbocycles. The predicted molar refractivity (Wildman–Crippen MR) is 96.9 cm³/mol. The van der Waals surface area contributed by atoms with E-state index >= 15 is 0 Å². The van der Waals surface area contributed by atoms with Gasteiger partial charge in [0.15, 0.2) is 0 Å². The predicted octanol–water partition coefficient (Wildman–Crippen LogP) is 4.76. The van der Waals surface area contributed by atoms with Crippen molar-refractivity contribution < 1.29 is 0 Å². The van der Waals surface area contributed by atoms with E-state index in [0.717, 1.165) is 5.84 Å².